The number of hydrogen-bond acceptors (Lipinski definition) is 2. The van der Waals surface area contributed by atoms with E-state index in [1.54, 1.807) is 0 Å². The van der Waals surface area contributed by atoms with Crippen LogP contribution >= 0.6 is 0 Å². The van der Waals surface area contributed by atoms with E-state index in [9.17, 15) is 5.11 Å². The zero-order chi connectivity index (χ0) is 9.19. The van der Waals surface area contributed by atoms with Crippen LogP contribution < -0.4 is 0 Å². The molecule has 1 N–H and O–H groups in total. The lowest BCUT2D eigenvalue weighted by atomic mass is 9.92. The second kappa shape index (κ2) is 3.58. The molecule has 70 valence electrons. The topological polar surface area (TPSA) is 29.5 Å². The van der Waals surface area contributed by atoms with Gasteiger partial charge in [0, 0.05) is 6.42 Å². The second-order valence-electron chi connectivity index (χ2n) is 4.10. The Bertz CT molecular complexity index is 178. The number of rotatable bonds is 1. The molecule has 2 heteroatoms. The molecular weight excluding hydrogens is 152 g/mol. The highest BCUT2D eigenvalue weighted by molar-refractivity contribution is 5.01. The summed E-state index contributed by atoms with van der Waals surface area (Å²) in [6.07, 6.45) is 3.66. The fourth-order valence-corrected chi connectivity index (χ4v) is 1.50. The third-order valence-electron chi connectivity index (χ3n) is 2.13. The lowest BCUT2D eigenvalue weighted by molar-refractivity contribution is -0.0769. The van der Waals surface area contributed by atoms with Crippen LogP contribution in [-0.2, 0) is 4.74 Å². The molecule has 12 heavy (non-hydrogen) atoms. The van der Waals surface area contributed by atoms with Gasteiger partial charge < -0.3 is 9.84 Å². The van der Waals surface area contributed by atoms with Crippen LogP contribution in [0.5, 0.6) is 0 Å². The predicted molar refractivity (Wildman–Crippen MR) is 49.0 cm³/mol. The van der Waals surface area contributed by atoms with E-state index >= 15 is 0 Å². The van der Waals surface area contributed by atoms with Gasteiger partial charge in [0.05, 0.1) is 18.3 Å². The average molecular weight is 170 g/mol. The summed E-state index contributed by atoms with van der Waals surface area (Å²) in [5, 5.41) is 9.75. The van der Waals surface area contributed by atoms with Crippen molar-refractivity contribution >= 4 is 0 Å². The Balaban J connectivity index is 2.52. The van der Waals surface area contributed by atoms with Gasteiger partial charge >= 0.3 is 0 Å². The lowest BCUT2D eigenvalue weighted by Gasteiger charge is -2.32. The fourth-order valence-electron chi connectivity index (χ4n) is 1.50. The molecule has 1 aliphatic heterocycles. The highest BCUT2D eigenvalue weighted by atomic mass is 16.5. The Kier molecular flexibility index (Phi) is 2.91. The monoisotopic (exact) mass is 170 g/mol. The minimum Gasteiger partial charge on any atom is -0.390 e. The highest BCUT2D eigenvalue weighted by Crippen LogP contribution is 2.25. The third kappa shape index (κ3) is 2.95. The SMILES string of the molecule is CC(C)=C[C@@H]1C[C@@](C)(O)CCO1. The average Bonchev–Trinajstić information content (AvgIpc) is 1.82. The Hall–Kier alpha value is -0.340. The largest absolute Gasteiger partial charge is 0.390 e. The fraction of sp³-hybridized carbons (Fsp3) is 0.800. The number of aliphatic hydroxyl groups is 1. The van der Waals surface area contributed by atoms with Crippen LogP contribution in [-0.4, -0.2) is 23.4 Å². The molecule has 0 bridgehead atoms. The molecule has 1 fully saturated rings. The molecule has 0 aromatic heterocycles. The number of hydrogen-bond donors (Lipinski definition) is 1. The third-order valence-corrected chi connectivity index (χ3v) is 2.13. The lowest BCUT2D eigenvalue weighted by Crippen LogP contribution is -2.37. The first kappa shape index (κ1) is 9.75. The molecule has 0 aromatic rings. The molecule has 0 aromatic carbocycles. The molecule has 1 aliphatic rings. The van der Waals surface area contributed by atoms with Gasteiger partial charge in [-0.1, -0.05) is 11.6 Å². The zero-order valence-corrected chi connectivity index (χ0v) is 8.13. The van der Waals surface area contributed by atoms with Gasteiger partial charge in [0.15, 0.2) is 0 Å². The van der Waals surface area contributed by atoms with Crippen molar-refractivity contribution in [1.82, 2.24) is 0 Å². The molecule has 1 rings (SSSR count). The van der Waals surface area contributed by atoms with Gasteiger partial charge in [-0.05, 0) is 27.2 Å². The molecule has 2 nitrogen and oxygen atoms in total. The first-order valence-corrected chi connectivity index (χ1v) is 4.49. The van der Waals surface area contributed by atoms with Crippen LogP contribution in [0.2, 0.25) is 0 Å². The first-order chi connectivity index (χ1) is 5.49. The summed E-state index contributed by atoms with van der Waals surface area (Å²) in [6.45, 7) is 6.64. The smallest absolute Gasteiger partial charge is 0.0785 e. The van der Waals surface area contributed by atoms with E-state index < -0.39 is 5.60 Å². The van der Waals surface area contributed by atoms with Gasteiger partial charge in [-0.2, -0.15) is 0 Å². The molecule has 0 spiro atoms. The van der Waals surface area contributed by atoms with Crippen molar-refractivity contribution in [2.75, 3.05) is 6.61 Å². The first-order valence-electron chi connectivity index (χ1n) is 4.49. The molecule has 0 saturated carbocycles. The maximum atomic E-state index is 9.75. The highest BCUT2D eigenvalue weighted by Gasteiger charge is 2.29. The van der Waals surface area contributed by atoms with Crippen LogP contribution in [0.1, 0.15) is 33.6 Å². The van der Waals surface area contributed by atoms with Crippen molar-refractivity contribution in [3.8, 4) is 0 Å². The Morgan fingerprint density at radius 3 is 2.75 bits per heavy atom. The molecule has 2 atom stereocenters. The van der Waals surface area contributed by atoms with E-state index in [4.69, 9.17) is 4.74 Å². The van der Waals surface area contributed by atoms with Gasteiger partial charge in [-0.15, -0.1) is 0 Å². The van der Waals surface area contributed by atoms with Gasteiger partial charge in [-0.25, -0.2) is 0 Å². The zero-order valence-electron chi connectivity index (χ0n) is 8.13. The summed E-state index contributed by atoms with van der Waals surface area (Å²) in [7, 11) is 0. The maximum absolute atomic E-state index is 9.75. The summed E-state index contributed by atoms with van der Waals surface area (Å²) in [4.78, 5) is 0. The summed E-state index contributed by atoms with van der Waals surface area (Å²) in [5.41, 5.74) is 0.715. The standard InChI is InChI=1S/C10H18O2/c1-8(2)6-9-7-10(3,11)4-5-12-9/h6,9,11H,4-5,7H2,1-3H3/t9-,10+/m1/s1. The van der Waals surface area contributed by atoms with Crippen molar-refractivity contribution in [1.29, 1.82) is 0 Å². The molecular formula is C10H18O2. The number of allylic oxidation sites excluding steroid dienone is 1. The second-order valence-corrected chi connectivity index (χ2v) is 4.10. The van der Waals surface area contributed by atoms with Crippen molar-refractivity contribution < 1.29 is 9.84 Å². The van der Waals surface area contributed by atoms with Gasteiger partial charge in [-0.3, -0.25) is 0 Å². The van der Waals surface area contributed by atoms with E-state index in [1.807, 2.05) is 20.8 Å². The van der Waals surface area contributed by atoms with Crippen molar-refractivity contribution in [2.24, 2.45) is 0 Å². The number of ether oxygens (including phenoxy) is 1. The van der Waals surface area contributed by atoms with Crippen LogP contribution in [0.25, 0.3) is 0 Å². The molecule has 1 heterocycles. The van der Waals surface area contributed by atoms with E-state index in [0.717, 1.165) is 12.8 Å². The quantitative estimate of drug-likeness (QED) is 0.609. The van der Waals surface area contributed by atoms with E-state index in [0.29, 0.717) is 6.61 Å². The van der Waals surface area contributed by atoms with Crippen LogP contribution in [0.15, 0.2) is 11.6 Å². The minimum atomic E-state index is -0.533. The Labute approximate surface area is 74.2 Å². The Morgan fingerprint density at radius 2 is 2.25 bits per heavy atom. The van der Waals surface area contributed by atoms with Crippen LogP contribution in [0, 0.1) is 0 Å². The van der Waals surface area contributed by atoms with E-state index in [-0.39, 0.29) is 6.10 Å². The van der Waals surface area contributed by atoms with Gasteiger partial charge in [0.25, 0.3) is 0 Å². The molecule has 1 saturated heterocycles. The van der Waals surface area contributed by atoms with Gasteiger partial charge in [0.2, 0.25) is 0 Å². The summed E-state index contributed by atoms with van der Waals surface area (Å²) in [6, 6.07) is 0. The van der Waals surface area contributed by atoms with Crippen molar-refractivity contribution in [2.45, 2.75) is 45.3 Å². The molecule has 0 radical (unpaired) electrons. The minimum absolute atomic E-state index is 0.110. The van der Waals surface area contributed by atoms with Crippen molar-refractivity contribution in [3.63, 3.8) is 0 Å². The molecule has 0 aliphatic carbocycles. The van der Waals surface area contributed by atoms with Crippen molar-refractivity contribution in [3.05, 3.63) is 11.6 Å². The van der Waals surface area contributed by atoms with Crippen LogP contribution in [0.3, 0.4) is 0 Å². The maximum Gasteiger partial charge on any atom is 0.0785 e. The van der Waals surface area contributed by atoms with E-state index in [1.165, 1.54) is 5.57 Å². The summed E-state index contributed by atoms with van der Waals surface area (Å²) < 4.78 is 5.49. The molecule has 0 amide bonds. The van der Waals surface area contributed by atoms with Gasteiger partial charge in [0.1, 0.15) is 0 Å². The summed E-state index contributed by atoms with van der Waals surface area (Å²) in [5.74, 6) is 0. The Morgan fingerprint density at radius 1 is 1.58 bits per heavy atom. The summed E-state index contributed by atoms with van der Waals surface area (Å²) >= 11 is 0. The van der Waals surface area contributed by atoms with E-state index in [2.05, 4.69) is 6.08 Å². The predicted octanol–water partition coefficient (Wildman–Crippen LogP) is 1.88. The van der Waals surface area contributed by atoms with Crippen LogP contribution in [0.4, 0.5) is 0 Å². The normalized spacial score (nSPS) is 36.2. The molecule has 0 unspecified atom stereocenters.